The first-order valence-corrected chi connectivity index (χ1v) is 12.5. The van der Waals surface area contributed by atoms with E-state index in [0.717, 1.165) is 56.1 Å². The minimum Gasteiger partial charge on any atom is -0.461 e. The Morgan fingerprint density at radius 2 is 1.35 bits per heavy atom. The first kappa shape index (κ1) is 27.7. The molecule has 0 fully saturated rings. The van der Waals surface area contributed by atoms with E-state index >= 15 is 0 Å². The van der Waals surface area contributed by atoms with Gasteiger partial charge in [0.1, 0.15) is 12.4 Å². The molecule has 0 amide bonds. The summed E-state index contributed by atoms with van der Waals surface area (Å²) in [6.45, 7) is 2.80. The largest absolute Gasteiger partial charge is 0.461 e. The Morgan fingerprint density at radius 3 is 2.00 bits per heavy atom. The molecule has 5 heteroatoms. The second-order valence-corrected chi connectivity index (χ2v) is 8.99. The predicted molar refractivity (Wildman–Crippen MR) is 134 cm³/mol. The molecular formula is C29H40O5. The molecule has 0 saturated heterocycles. The maximum absolute atomic E-state index is 12.0. The lowest BCUT2D eigenvalue weighted by Gasteiger charge is -2.16. The SMILES string of the molecule is CC(=O)C(CCCCCCC(=O)OCc1ccccc1)CCCC(O)COCc1ccccc1. The highest BCUT2D eigenvalue weighted by molar-refractivity contribution is 5.78. The van der Waals surface area contributed by atoms with Gasteiger partial charge in [0.15, 0.2) is 0 Å². The molecular weight excluding hydrogens is 428 g/mol. The van der Waals surface area contributed by atoms with Crippen LogP contribution in [0.3, 0.4) is 0 Å². The number of esters is 1. The van der Waals surface area contributed by atoms with Crippen molar-refractivity contribution < 1.29 is 24.2 Å². The fourth-order valence-corrected chi connectivity index (χ4v) is 3.94. The van der Waals surface area contributed by atoms with Crippen LogP contribution in [-0.4, -0.2) is 29.6 Å². The summed E-state index contributed by atoms with van der Waals surface area (Å²) in [7, 11) is 0. The van der Waals surface area contributed by atoms with Gasteiger partial charge in [-0.25, -0.2) is 0 Å². The summed E-state index contributed by atoms with van der Waals surface area (Å²) in [5, 5.41) is 10.2. The van der Waals surface area contributed by atoms with Crippen LogP contribution in [0.15, 0.2) is 60.7 Å². The zero-order valence-corrected chi connectivity index (χ0v) is 20.5. The van der Waals surface area contributed by atoms with Crippen LogP contribution >= 0.6 is 0 Å². The number of aliphatic hydroxyl groups is 1. The van der Waals surface area contributed by atoms with Crippen LogP contribution in [0.5, 0.6) is 0 Å². The number of unbranched alkanes of at least 4 members (excludes halogenated alkanes) is 3. The Balaban J connectivity index is 1.48. The lowest BCUT2D eigenvalue weighted by molar-refractivity contribution is -0.145. The minimum atomic E-state index is -0.502. The van der Waals surface area contributed by atoms with Gasteiger partial charge in [-0.15, -0.1) is 0 Å². The molecule has 0 aliphatic heterocycles. The van der Waals surface area contributed by atoms with Crippen molar-refractivity contribution in [2.75, 3.05) is 6.61 Å². The Labute approximate surface area is 204 Å². The number of ketones is 1. The maximum atomic E-state index is 12.0. The maximum Gasteiger partial charge on any atom is 0.306 e. The van der Waals surface area contributed by atoms with Gasteiger partial charge in [0, 0.05) is 12.3 Å². The summed E-state index contributed by atoms with van der Waals surface area (Å²) in [6.07, 6.45) is 6.82. The van der Waals surface area contributed by atoms with E-state index in [9.17, 15) is 14.7 Å². The van der Waals surface area contributed by atoms with Gasteiger partial charge in [-0.2, -0.15) is 0 Å². The third-order valence-electron chi connectivity index (χ3n) is 6.01. The summed E-state index contributed by atoms with van der Waals surface area (Å²) >= 11 is 0. The molecule has 5 nitrogen and oxygen atoms in total. The molecule has 0 aromatic heterocycles. The molecule has 2 unspecified atom stereocenters. The standard InChI is InChI=1S/C29H40O5/c1-24(30)27(18-12-19-28(31)23-33-21-25-13-6-4-7-14-25)17-10-2-3-11-20-29(32)34-22-26-15-8-5-9-16-26/h4-9,13-16,27-28,31H,2-3,10-12,17-23H2,1H3. The van der Waals surface area contributed by atoms with Crippen molar-refractivity contribution in [3.8, 4) is 0 Å². The smallest absolute Gasteiger partial charge is 0.306 e. The molecule has 2 aromatic rings. The second-order valence-electron chi connectivity index (χ2n) is 8.99. The van der Waals surface area contributed by atoms with Crippen LogP contribution in [0.25, 0.3) is 0 Å². The van der Waals surface area contributed by atoms with Crippen molar-refractivity contribution in [1.29, 1.82) is 0 Å². The molecule has 0 aliphatic rings. The molecule has 0 saturated carbocycles. The molecule has 0 bridgehead atoms. The van der Waals surface area contributed by atoms with Gasteiger partial charge in [-0.3, -0.25) is 9.59 Å². The van der Waals surface area contributed by atoms with Gasteiger partial charge in [0.25, 0.3) is 0 Å². The summed E-state index contributed by atoms with van der Waals surface area (Å²) < 4.78 is 10.9. The van der Waals surface area contributed by atoms with Crippen molar-refractivity contribution in [2.24, 2.45) is 5.92 Å². The molecule has 1 N–H and O–H groups in total. The van der Waals surface area contributed by atoms with E-state index in [4.69, 9.17) is 9.47 Å². The van der Waals surface area contributed by atoms with Gasteiger partial charge in [-0.1, -0.05) is 86.3 Å². The van der Waals surface area contributed by atoms with Gasteiger partial charge in [0.05, 0.1) is 19.3 Å². The summed E-state index contributed by atoms with van der Waals surface area (Å²) in [6, 6.07) is 19.6. The van der Waals surface area contributed by atoms with Crippen molar-refractivity contribution in [2.45, 2.75) is 84.0 Å². The predicted octanol–water partition coefficient (Wildman–Crippen LogP) is 6.02. The molecule has 0 heterocycles. The Hall–Kier alpha value is -2.50. The topological polar surface area (TPSA) is 72.8 Å². The summed E-state index contributed by atoms with van der Waals surface area (Å²) in [5.41, 5.74) is 2.09. The average Bonchev–Trinajstić information content (AvgIpc) is 2.84. The molecule has 186 valence electrons. The van der Waals surface area contributed by atoms with E-state index in [1.807, 2.05) is 60.7 Å². The second kappa shape index (κ2) is 17.0. The number of carbonyl (C=O) groups is 2. The van der Waals surface area contributed by atoms with Gasteiger partial charge in [0.2, 0.25) is 0 Å². The van der Waals surface area contributed by atoms with Crippen LogP contribution in [0, 0.1) is 5.92 Å². The number of ether oxygens (including phenoxy) is 2. The number of benzene rings is 2. The number of carbonyl (C=O) groups excluding carboxylic acids is 2. The number of hydrogen-bond acceptors (Lipinski definition) is 5. The zero-order chi connectivity index (χ0) is 24.4. The van der Waals surface area contributed by atoms with Crippen LogP contribution in [0.2, 0.25) is 0 Å². The van der Waals surface area contributed by atoms with Crippen molar-refractivity contribution in [3.05, 3.63) is 71.8 Å². The van der Waals surface area contributed by atoms with Crippen molar-refractivity contribution in [1.82, 2.24) is 0 Å². The minimum absolute atomic E-state index is 0.0493. The van der Waals surface area contributed by atoms with E-state index in [0.29, 0.717) is 32.7 Å². The molecule has 0 aliphatic carbocycles. The first-order valence-electron chi connectivity index (χ1n) is 12.5. The molecule has 0 spiro atoms. The number of rotatable bonds is 18. The van der Waals surface area contributed by atoms with E-state index in [1.165, 1.54) is 0 Å². The Morgan fingerprint density at radius 1 is 0.765 bits per heavy atom. The van der Waals surface area contributed by atoms with E-state index in [-0.39, 0.29) is 17.7 Å². The van der Waals surface area contributed by atoms with Gasteiger partial charge < -0.3 is 14.6 Å². The molecule has 34 heavy (non-hydrogen) atoms. The number of Topliss-reactive ketones (excluding diaryl/α,β-unsaturated/α-hetero) is 1. The highest BCUT2D eigenvalue weighted by Crippen LogP contribution is 2.19. The van der Waals surface area contributed by atoms with Crippen LogP contribution in [0.1, 0.15) is 75.8 Å². The number of aliphatic hydroxyl groups excluding tert-OH is 1. The van der Waals surface area contributed by atoms with Crippen molar-refractivity contribution >= 4 is 11.8 Å². The Bertz CT molecular complexity index is 806. The lowest BCUT2D eigenvalue weighted by Crippen LogP contribution is -2.17. The molecule has 2 atom stereocenters. The average molecular weight is 469 g/mol. The van der Waals surface area contributed by atoms with Crippen molar-refractivity contribution in [3.63, 3.8) is 0 Å². The van der Waals surface area contributed by atoms with E-state index in [2.05, 4.69) is 0 Å². The quantitative estimate of drug-likeness (QED) is 0.214. The zero-order valence-electron chi connectivity index (χ0n) is 20.5. The monoisotopic (exact) mass is 468 g/mol. The molecule has 2 rings (SSSR count). The number of hydrogen-bond donors (Lipinski definition) is 1. The van der Waals surface area contributed by atoms with Gasteiger partial charge >= 0.3 is 5.97 Å². The third-order valence-corrected chi connectivity index (χ3v) is 6.01. The van der Waals surface area contributed by atoms with Crippen LogP contribution < -0.4 is 0 Å². The van der Waals surface area contributed by atoms with E-state index < -0.39 is 6.10 Å². The summed E-state index contributed by atoms with van der Waals surface area (Å²) in [4.78, 5) is 23.9. The Kier molecular flexibility index (Phi) is 13.9. The normalized spacial score (nSPS) is 12.8. The fourth-order valence-electron chi connectivity index (χ4n) is 3.94. The fraction of sp³-hybridized carbons (Fsp3) is 0.517. The highest BCUT2D eigenvalue weighted by atomic mass is 16.5. The van der Waals surface area contributed by atoms with Crippen LogP contribution in [0.4, 0.5) is 0 Å². The third kappa shape index (κ3) is 12.7. The van der Waals surface area contributed by atoms with Crippen LogP contribution in [-0.2, 0) is 32.3 Å². The summed E-state index contributed by atoms with van der Waals surface area (Å²) in [5.74, 6) is 0.115. The molecule has 0 radical (unpaired) electrons. The van der Waals surface area contributed by atoms with E-state index in [1.54, 1.807) is 6.92 Å². The molecule has 2 aromatic carbocycles. The lowest BCUT2D eigenvalue weighted by atomic mass is 9.91. The highest BCUT2D eigenvalue weighted by Gasteiger charge is 2.15. The first-order chi connectivity index (χ1) is 16.5. The van der Waals surface area contributed by atoms with Gasteiger partial charge in [-0.05, 0) is 43.7 Å².